The van der Waals surface area contributed by atoms with Gasteiger partial charge in [-0.05, 0) is 23.8 Å². The molecular formula is C14H10ClNO4. The summed E-state index contributed by atoms with van der Waals surface area (Å²) in [5.41, 5.74) is 1.17. The molecule has 0 bridgehead atoms. The van der Waals surface area contributed by atoms with E-state index in [1.54, 1.807) is 24.3 Å². The van der Waals surface area contributed by atoms with Crippen LogP contribution in [0.15, 0.2) is 42.5 Å². The fourth-order valence-corrected chi connectivity index (χ4v) is 2.02. The van der Waals surface area contributed by atoms with E-state index in [4.69, 9.17) is 11.6 Å². The first kappa shape index (κ1) is 14.0. The highest BCUT2D eigenvalue weighted by Crippen LogP contribution is 2.30. The molecule has 0 aliphatic heterocycles. The highest BCUT2D eigenvalue weighted by molar-refractivity contribution is 6.30. The second kappa shape index (κ2) is 5.71. The molecule has 2 rings (SSSR count). The Morgan fingerprint density at radius 3 is 2.60 bits per heavy atom. The van der Waals surface area contributed by atoms with Crippen LogP contribution < -0.4 is 0 Å². The van der Waals surface area contributed by atoms with E-state index >= 15 is 0 Å². The van der Waals surface area contributed by atoms with Crippen LogP contribution >= 0.6 is 11.6 Å². The predicted molar refractivity (Wildman–Crippen MR) is 74.9 cm³/mol. The average Bonchev–Trinajstić information content (AvgIpc) is 2.45. The van der Waals surface area contributed by atoms with Gasteiger partial charge in [0, 0.05) is 22.7 Å². The molecule has 2 aromatic rings. The summed E-state index contributed by atoms with van der Waals surface area (Å²) in [6.45, 7) is 0. The molecule has 0 aromatic heterocycles. The number of carbonyl (C=O) groups excluding carboxylic acids is 1. The number of methoxy groups -OCH3 is 1. The van der Waals surface area contributed by atoms with Crippen molar-refractivity contribution in [3.63, 3.8) is 0 Å². The van der Waals surface area contributed by atoms with Crippen LogP contribution in [0.25, 0.3) is 11.1 Å². The summed E-state index contributed by atoms with van der Waals surface area (Å²) in [7, 11) is 1.26. The molecule has 0 fully saturated rings. The standard InChI is InChI=1S/C14H10ClNO4/c1-20-14(17)12-6-5-11(16(18)19)8-13(12)9-3-2-4-10(15)7-9/h2-8H,1H3. The maximum absolute atomic E-state index is 11.7. The average molecular weight is 292 g/mol. The lowest BCUT2D eigenvalue weighted by molar-refractivity contribution is -0.384. The van der Waals surface area contributed by atoms with Crippen molar-refractivity contribution in [1.29, 1.82) is 0 Å². The number of carbonyl (C=O) groups is 1. The third-order valence-electron chi connectivity index (χ3n) is 2.75. The van der Waals surface area contributed by atoms with E-state index in [0.717, 1.165) is 0 Å². The Bertz CT molecular complexity index is 685. The smallest absolute Gasteiger partial charge is 0.338 e. The molecule has 0 amide bonds. The van der Waals surface area contributed by atoms with Gasteiger partial charge in [0.2, 0.25) is 0 Å². The first-order valence-corrected chi connectivity index (χ1v) is 6.03. The largest absolute Gasteiger partial charge is 0.465 e. The number of hydrogen-bond acceptors (Lipinski definition) is 4. The van der Waals surface area contributed by atoms with Crippen LogP contribution in [0.1, 0.15) is 10.4 Å². The van der Waals surface area contributed by atoms with Gasteiger partial charge in [0.1, 0.15) is 0 Å². The van der Waals surface area contributed by atoms with Crippen molar-refractivity contribution in [2.45, 2.75) is 0 Å². The van der Waals surface area contributed by atoms with Crippen molar-refractivity contribution in [2.24, 2.45) is 0 Å². The molecule has 6 heteroatoms. The Morgan fingerprint density at radius 1 is 1.25 bits per heavy atom. The van der Waals surface area contributed by atoms with Gasteiger partial charge < -0.3 is 4.74 Å². The molecule has 0 spiro atoms. The van der Waals surface area contributed by atoms with E-state index in [1.807, 2.05) is 0 Å². The first-order valence-electron chi connectivity index (χ1n) is 5.65. The second-order valence-corrected chi connectivity index (χ2v) is 4.43. The molecule has 0 aliphatic rings. The maximum atomic E-state index is 11.7. The van der Waals surface area contributed by atoms with Gasteiger partial charge in [0.15, 0.2) is 0 Å². The summed E-state index contributed by atoms with van der Waals surface area (Å²) in [5.74, 6) is -0.560. The van der Waals surface area contributed by atoms with Crippen LogP contribution in [-0.4, -0.2) is 18.0 Å². The number of benzene rings is 2. The lowest BCUT2D eigenvalue weighted by Gasteiger charge is -2.08. The molecule has 20 heavy (non-hydrogen) atoms. The van der Waals surface area contributed by atoms with E-state index in [-0.39, 0.29) is 11.3 Å². The topological polar surface area (TPSA) is 69.4 Å². The highest BCUT2D eigenvalue weighted by atomic mass is 35.5. The number of rotatable bonds is 3. The number of ether oxygens (including phenoxy) is 1. The van der Waals surface area contributed by atoms with Crippen LogP contribution in [0.2, 0.25) is 5.02 Å². The highest BCUT2D eigenvalue weighted by Gasteiger charge is 2.17. The third kappa shape index (κ3) is 2.78. The molecule has 0 saturated heterocycles. The van der Waals surface area contributed by atoms with Gasteiger partial charge >= 0.3 is 5.97 Å². The van der Waals surface area contributed by atoms with Gasteiger partial charge in [-0.1, -0.05) is 23.7 Å². The van der Waals surface area contributed by atoms with Gasteiger partial charge in [-0.2, -0.15) is 0 Å². The van der Waals surface area contributed by atoms with Crippen LogP contribution in [-0.2, 0) is 4.74 Å². The zero-order chi connectivity index (χ0) is 14.7. The lowest BCUT2D eigenvalue weighted by atomic mass is 9.99. The fraction of sp³-hybridized carbons (Fsp3) is 0.0714. The molecule has 5 nitrogen and oxygen atoms in total. The minimum Gasteiger partial charge on any atom is -0.465 e. The van der Waals surface area contributed by atoms with Gasteiger partial charge in [0.05, 0.1) is 17.6 Å². The summed E-state index contributed by atoms with van der Waals surface area (Å²) in [5, 5.41) is 11.3. The van der Waals surface area contributed by atoms with Gasteiger partial charge in [-0.3, -0.25) is 10.1 Å². The molecule has 0 atom stereocenters. The van der Waals surface area contributed by atoms with Crippen molar-refractivity contribution in [3.8, 4) is 11.1 Å². The number of nitro benzene ring substituents is 1. The Morgan fingerprint density at radius 2 is 2.00 bits per heavy atom. The zero-order valence-corrected chi connectivity index (χ0v) is 11.3. The molecule has 102 valence electrons. The summed E-state index contributed by atoms with van der Waals surface area (Å²) in [4.78, 5) is 22.1. The molecule has 0 aliphatic carbocycles. The molecule has 0 radical (unpaired) electrons. The number of nitrogens with zero attached hydrogens (tertiary/aromatic N) is 1. The van der Waals surface area contributed by atoms with Crippen molar-refractivity contribution in [2.75, 3.05) is 7.11 Å². The summed E-state index contributed by atoms with van der Waals surface area (Å²) >= 11 is 5.91. The SMILES string of the molecule is COC(=O)c1ccc([N+](=O)[O-])cc1-c1cccc(Cl)c1. The minimum atomic E-state index is -0.560. The van der Waals surface area contributed by atoms with Crippen molar-refractivity contribution < 1.29 is 14.5 Å². The van der Waals surface area contributed by atoms with Gasteiger partial charge in [-0.15, -0.1) is 0 Å². The van der Waals surface area contributed by atoms with E-state index in [2.05, 4.69) is 4.74 Å². The molecule has 0 heterocycles. The van der Waals surface area contributed by atoms with Crippen molar-refractivity contribution in [1.82, 2.24) is 0 Å². The number of hydrogen-bond donors (Lipinski definition) is 0. The number of esters is 1. The molecule has 0 unspecified atom stereocenters. The van der Waals surface area contributed by atoms with Gasteiger partial charge in [-0.25, -0.2) is 4.79 Å². The Kier molecular flexibility index (Phi) is 4.00. The molecular weight excluding hydrogens is 282 g/mol. The summed E-state index contributed by atoms with van der Waals surface area (Å²) < 4.78 is 4.69. The van der Waals surface area contributed by atoms with Crippen molar-refractivity contribution in [3.05, 3.63) is 63.2 Å². The van der Waals surface area contributed by atoms with Crippen LogP contribution in [0.3, 0.4) is 0 Å². The third-order valence-corrected chi connectivity index (χ3v) is 2.99. The number of halogens is 1. The molecule has 2 aromatic carbocycles. The minimum absolute atomic E-state index is 0.104. The van der Waals surface area contributed by atoms with Crippen LogP contribution in [0.5, 0.6) is 0 Å². The number of nitro groups is 1. The summed E-state index contributed by atoms with van der Waals surface area (Å²) in [6, 6.07) is 10.7. The Hall–Kier alpha value is -2.40. The second-order valence-electron chi connectivity index (χ2n) is 3.99. The predicted octanol–water partition coefficient (Wildman–Crippen LogP) is 3.70. The van der Waals surface area contributed by atoms with E-state index in [9.17, 15) is 14.9 Å². The monoisotopic (exact) mass is 291 g/mol. The van der Waals surface area contributed by atoms with Crippen LogP contribution in [0.4, 0.5) is 5.69 Å². The normalized spacial score (nSPS) is 10.1. The maximum Gasteiger partial charge on any atom is 0.338 e. The van der Waals surface area contributed by atoms with E-state index < -0.39 is 10.9 Å². The Labute approximate surface area is 119 Å². The van der Waals surface area contributed by atoms with Gasteiger partial charge in [0.25, 0.3) is 5.69 Å². The lowest BCUT2D eigenvalue weighted by Crippen LogP contribution is -2.04. The first-order chi connectivity index (χ1) is 9.52. The zero-order valence-electron chi connectivity index (χ0n) is 10.5. The fourth-order valence-electron chi connectivity index (χ4n) is 1.83. The molecule has 0 N–H and O–H groups in total. The van der Waals surface area contributed by atoms with Crippen LogP contribution in [0, 0.1) is 10.1 Å². The molecule has 0 saturated carbocycles. The van der Waals surface area contributed by atoms with E-state index in [0.29, 0.717) is 16.1 Å². The number of non-ortho nitro benzene ring substituents is 1. The quantitative estimate of drug-likeness (QED) is 0.491. The van der Waals surface area contributed by atoms with Crippen molar-refractivity contribution >= 4 is 23.3 Å². The Balaban J connectivity index is 2.66. The summed E-state index contributed by atoms with van der Waals surface area (Å²) in [6.07, 6.45) is 0. The van der Waals surface area contributed by atoms with E-state index in [1.165, 1.54) is 25.3 Å².